The normalized spacial score (nSPS) is 10.4. The Kier molecular flexibility index (Phi) is 5.95. The van der Waals surface area contributed by atoms with Crippen molar-refractivity contribution in [1.82, 2.24) is 9.97 Å². The van der Waals surface area contributed by atoms with Gasteiger partial charge in [-0.25, -0.2) is 9.97 Å². The van der Waals surface area contributed by atoms with E-state index >= 15 is 0 Å². The summed E-state index contributed by atoms with van der Waals surface area (Å²) in [5.41, 5.74) is 0.966. The predicted octanol–water partition coefficient (Wildman–Crippen LogP) is 3.95. The topological polar surface area (TPSA) is 59.1 Å². The van der Waals surface area contributed by atoms with Crippen molar-refractivity contribution in [2.45, 2.75) is 20.0 Å². The van der Waals surface area contributed by atoms with E-state index in [2.05, 4.69) is 43.5 Å². The highest BCUT2D eigenvalue weighted by Gasteiger charge is 2.05. The van der Waals surface area contributed by atoms with E-state index in [0.29, 0.717) is 12.4 Å². The summed E-state index contributed by atoms with van der Waals surface area (Å²) in [6, 6.07) is 9.84. The van der Waals surface area contributed by atoms with Crippen molar-refractivity contribution in [1.29, 1.82) is 0 Å². The number of nitrogens with one attached hydrogen (secondary N) is 2. The number of halogens is 1. The average molecular weight is 351 g/mol. The minimum atomic E-state index is 0.384. The number of anilines is 3. The average Bonchev–Trinajstić information content (AvgIpc) is 2.45. The summed E-state index contributed by atoms with van der Waals surface area (Å²) in [6.45, 7) is 3.37. The van der Waals surface area contributed by atoms with Crippen LogP contribution in [-0.2, 0) is 11.3 Å². The molecule has 2 N–H and O–H groups in total. The van der Waals surface area contributed by atoms with E-state index in [1.807, 2.05) is 30.3 Å². The molecule has 0 aliphatic rings. The first kappa shape index (κ1) is 15.7. The molecule has 0 unspecified atom stereocenters. The van der Waals surface area contributed by atoms with Crippen LogP contribution in [0.3, 0.4) is 0 Å². The lowest BCUT2D eigenvalue weighted by molar-refractivity contribution is 0.178. The molecule has 1 heterocycles. The number of hydrogen-bond donors (Lipinski definition) is 2. The Balaban J connectivity index is 2.22. The Morgan fingerprint density at radius 3 is 2.71 bits per heavy atom. The number of methoxy groups -OCH3 is 1. The van der Waals surface area contributed by atoms with Crippen molar-refractivity contribution >= 4 is 33.3 Å². The van der Waals surface area contributed by atoms with Crippen molar-refractivity contribution in [3.63, 3.8) is 0 Å². The van der Waals surface area contributed by atoms with Crippen LogP contribution in [0, 0.1) is 0 Å². The second-order valence-corrected chi connectivity index (χ2v) is 5.47. The van der Waals surface area contributed by atoms with Gasteiger partial charge in [0.1, 0.15) is 18.2 Å². The van der Waals surface area contributed by atoms with Gasteiger partial charge in [-0.05, 0) is 24.6 Å². The Labute approximate surface area is 133 Å². The maximum absolute atomic E-state index is 5.12. The van der Waals surface area contributed by atoms with E-state index in [1.54, 1.807) is 7.11 Å². The Bertz CT molecular complexity index is 592. The van der Waals surface area contributed by atoms with Gasteiger partial charge in [0, 0.05) is 29.9 Å². The molecule has 1 aromatic heterocycles. The van der Waals surface area contributed by atoms with Crippen molar-refractivity contribution in [2.24, 2.45) is 0 Å². The maximum atomic E-state index is 5.12. The van der Waals surface area contributed by atoms with Gasteiger partial charge in [-0.3, -0.25) is 0 Å². The van der Waals surface area contributed by atoms with Crippen LogP contribution in [0.5, 0.6) is 0 Å². The van der Waals surface area contributed by atoms with Gasteiger partial charge >= 0.3 is 0 Å². The third-order valence-electron chi connectivity index (χ3n) is 2.70. The fourth-order valence-corrected chi connectivity index (χ4v) is 2.21. The molecule has 112 valence electrons. The van der Waals surface area contributed by atoms with Crippen LogP contribution in [0.1, 0.15) is 19.2 Å². The van der Waals surface area contributed by atoms with Crippen LogP contribution in [0.15, 0.2) is 34.8 Å². The molecule has 0 atom stereocenters. The summed E-state index contributed by atoms with van der Waals surface area (Å²) in [4.78, 5) is 8.88. The number of nitrogens with zero attached hydrogens (tertiary/aromatic N) is 2. The molecular formula is C15H19BrN4O. The molecule has 0 saturated heterocycles. The molecule has 0 spiro atoms. The van der Waals surface area contributed by atoms with Crippen molar-refractivity contribution < 1.29 is 4.74 Å². The van der Waals surface area contributed by atoms with Gasteiger partial charge in [-0.15, -0.1) is 0 Å². The van der Waals surface area contributed by atoms with E-state index in [1.165, 1.54) is 0 Å². The van der Waals surface area contributed by atoms with Gasteiger partial charge in [0.2, 0.25) is 0 Å². The standard InChI is InChI=1S/C15H19BrN4O/c1-3-7-17-13-9-14(20-15(19-13)10-21-2)18-12-6-4-5-11(16)8-12/h4-6,8-9H,3,7,10H2,1-2H3,(H2,17,18,19,20). The highest BCUT2D eigenvalue weighted by Crippen LogP contribution is 2.21. The zero-order chi connectivity index (χ0) is 15.1. The van der Waals surface area contributed by atoms with E-state index in [4.69, 9.17) is 4.74 Å². The molecule has 0 fully saturated rings. The van der Waals surface area contributed by atoms with Crippen molar-refractivity contribution in [2.75, 3.05) is 24.3 Å². The smallest absolute Gasteiger partial charge is 0.158 e. The fraction of sp³-hybridized carbons (Fsp3) is 0.333. The van der Waals surface area contributed by atoms with Gasteiger partial charge < -0.3 is 15.4 Å². The van der Waals surface area contributed by atoms with E-state index in [9.17, 15) is 0 Å². The number of benzene rings is 1. The van der Waals surface area contributed by atoms with Crippen LogP contribution in [-0.4, -0.2) is 23.6 Å². The van der Waals surface area contributed by atoms with Crippen LogP contribution >= 0.6 is 15.9 Å². The zero-order valence-electron chi connectivity index (χ0n) is 12.2. The van der Waals surface area contributed by atoms with Crippen molar-refractivity contribution in [3.8, 4) is 0 Å². The molecule has 0 amide bonds. The van der Waals surface area contributed by atoms with E-state index in [0.717, 1.165) is 34.8 Å². The summed E-state index contributed by atoms with van der Waals surface area (Å²) >= 11 is 3.46. The molecule has 2 rings (SSSR count). The zero-order valence-corrected chi connectivity index (χ0v) is 13.8. The molecular weight excluding hydrogens is 332 g/mol. The fourth-order valence-electron chi connectivity index (χ4n) is 1.81. The minimum Gasteiger partial charge on any atom is -0.377 e. The highest BCUT2D eigenvalue weighted by atomic mass is 79.9. The summed E-state index contributed by atoms with van der Waals surface area (Å²) in [6.07, 6.45) is 1.04. The quantitative estimate of drug-likeness (QED) is 0.791. The molecule has 0 radical (unpaired) electrons. The summed E-state index contributed by atoms with van der Waals surface area (Å²) in [5, 5.41) is 6.56. The molecule has 2 aromatic rings. The predicted molar refractivity (Wildman–Crippen MR) is 89.0 cm³/mol. The summed E-state index contributed by atoms with van der Waals surface area (Å²) in [7, 11) is 1.64. The first-order valence-electron chi connectivity index (χ1n) is 6.84. The summed E-state index contributed by atoms with van der Waals surface area (Å²) in [5.74, 6) is 2.20. The molecule has 0 aliphatic heterocycles. The Morgan fingerprint density at radius 2 is 2.00 bits per heavy atom. The third kappa shape index (κ3) is 4.99. The number of aromatic nitrogens is 2. The lowest BCUT2D eigenvalue weighted by Gasteiger charge is -2.11. The third-order valence-corrected chi connectivity index (χ3v) is 3.19. The minimum absolute atomic E-state index is 0.384. The summed E-state index contributed by atoms with van der Waals surface area (Å²) < 4.78 is 6.14. The largest absolute Gasteiger partial charge is 0.377 e. The number of hydrogen-bond acceptors (Lipinski definition) is 5. The molecule has 5 nitrogen and oxygen atoms in total. The van der Waals surface area contributed by atoms with Gasteiger partial charge in [0.25, 0.3) is 0 Å². The number of rotatable bonds is 7. The molecule has 6 heteroatoms. The molecule has 1 aromatic carbocycles. The molecule has 0 aliphatic carbocycles. The lowest BCUT2D eigenvalue weighted by Crippen LogP contribution is -2.07. The first-order chi connectivity index (χ1) is 10.2. The van der Waals surface area contributed by atoms with Crippen LogP contribution < -0.4 is 10.6 Å². The molecule has 0 saturated carbocycles. The highest BCUT2D eigenvalue weighted by molar-refractivity contribution is 9.10. The van der Waals surface area contributed by atoms with Gasteiger partial charge in [0.05, 0.1) is 0 Å². The van der Waals surface area contributed by atoms with Crippen molar-refractivity contribution in [3.05, 3.63) is 40.6 Å². The van der Waals surface area contributed by atoms with Crippen LogP contribution in [0.25, 0.3) is 0 Å². The maximum Gasteiger partial charge on any atom is 0.158 e. The second kappa shape index (κ2) is 7.95. The lowest BCUT2D eigenvalue weighted by atomic mass is 10.3. The van der Waals surface area contributed by atoms with Gasteiger partial charge in [-0.2, -0.15) is 0 Å². The SMILES string of the molecule is CCCNc1cc(Nc2cccc(Br)c2)nc(COC)n1. The Morgan fingerprint density at radius 1 is 1.19 bits per heavy atom. The Hall–Kier alpha value is -1.66. The first-order valence-corrected chi connectivity index (χ1v) is 7.64. The van der Waals surface area contributed by atoms with E-state index < -0.39 is 0 Å². The monoisotopic (exact) mass is 350 g/mol. The molecule has 21 heavy (non-hydrogen) atoms. The van der Waals surface area contributed by atoms with Crippen LogP contribution in [0.4, 0.5) is 17.3 Å². The van der Waals surface area contributed by atoms with Crippen LogP contribution in [0.2, 0.25) is 0 Å². The second-order valence-electron chi connectivity index (χ2n) is 4.55. The van der Waals surface area contributed by atoms with E-state index in [-0.39, 0.29) is 0 Å². The number of ether oxygens (including phenoxy) is 1. The van der Waals surface area contributed by atoms with Gasteiger partial charge in [-0.1, -0.05) is 28.9 Å². The van der Waals surface area contributed by atoms with Gasteiger partial charge in [0.15, 0.2) is 5.82 Å². The molecule has 0 bridgehead atoms.